The van der Waals surface area contributed by atoms with Crippen molar-refractivity contribution >= 4 is 11.4 Å². The molecule has 2 heterocycles. The van der Waals surface area contributed by atoms with E-state index in [2.05, 4.69) is 0 Å². The van der Waals surface area contributed by atoms with Crippen LogP contribution in [-0.2, 0) is 4.79 Å². The fourth-order valence-electron chi connectivity index (χ4n) is 3.59. The molecule has 0 spiro atoms. The van der Waals surface area contributed by atoms with Gasteiger partial charge >= 0.3 is 0 Å². The SMILES string of the molecule is O=C1C=C(c2ccc3c(c2)OCO3)C[C@@H](c2ccc3c(c2)OCO3)C1. The van der Waals surface area contributed by atoms with E-state index in [9.17, 15) is 4.79 Å². The van der Waals surface area contributed by atoms with Crippen molar-refractivity contribution in [1.82, 2.24) is 0 Å². The van der Waals surface area contributed by atoms with E-state index >= 15 is 0 Å². The average Bonchev–Trinajstić information content (AvgIpc) is 3.28. The third kappa shape index (κ3) is 2.52. The highest BCUT2D eigenvalue weighted by atomic mass is 16.7. The summed E-state index contributed by atoms with van der Waals surface area (Å²) in [5.74, 6) is 3.27. The Labute approximate surface area is 144 Å². The lowest BCUT2D eigenvalue weighted by molar-refractivity contribution is -0.115. The smallest absolute Gasteiger partial charge is 0.231 e. The van der Waals surface area contributed by atoms with Gasteiger partial charge in [-0.3, -0.25) is 4.79 Å². The molecule has 25 heavy (non-hydrogen) atoms. The number of ketones is 1. The zero-order valence-electron chi connectivity index (χ0n) is 13.5. The highest BCUT2D eigenvalue weighted by Gasteiger charge is 2.26. The second-order valence-corrected chi connectivity index (χ2v) is 6.42. The number of carbonyl (C=O) groups is 1. The van der Waals surface area contributed by atoms with Crippen LogP contribution in [-0.4, -0.2) is 19.4 Å². The lowest BCUT2D eigenvalue weighted by Crippen LogP contribution is -2.12. The molecule has 2 aliphatic heterocycles. The van der Waals surface area contributed by atoms with Gasteiger partial charge in [0, 0.05) is 6.42 Å². The van der Waals surface area contributed by atoms with Crippen LogP contribution in [0.15, 0.2) is 42.5 Å². The van der Waals surface area contributed by atoms with E-state index in [0.29, 0.717) is 6.42 Å². The third-order valence-corrected chi connectivity index (χ3v) is 4.86. The average molecular weight is 336 g/mol. The summed E-state index contributed by atoms with van der Waals surface area (Å²) in [6.45, 7) is 0.501. The summed E-state index contributed by atoms with van der Waals surface area (Å²) in [6.07, 6.45) is 3.06. The van der Waals surface area contributed by atoms with Gasteiger partial charge in [-0.2, -0.15) is 0 Å². The summed E-state index contributed by atoms with van der Waals surface area (Å²) in [5.41, 5.74) is 3.13. The largest absolute Gasteiger partial charge is 0.454 e. The summed E-state index contributed by atoms with van der Waals surface area (Å²) in [6, 6.07) is 11.8. The Kier molecular flexibility index (Phi) is 3.20. The van der Waals surface area contributed by atoms with Crippen LogP contribution < -0.4 is 18.9 Å². The standard InChI is InChI=1S/C20H16O5/c21-16-6-14(12-1-3-17-19(8-12)24-10-22-17)5-15(7-16)13-2-4-18-20(9-13)25-11-23-18/h1-4,6,8-9,15H,5,7,10-11H2/t15-/m1/s1. The Hall–Kier alpha value is -2.95. The highest BCUT2D eigenvalue weighted by molar-refractivity contribution is 5.99. The zero-order chi connectivity index (χ0) is 16.8. The van der Waals surface area contributed by atoms with E-state index in [1.165, 1.54) is 0 Å². The maximum atomic E-state index is 12.3. The van der Waals surface area contributed by atoms with Crippen LogP contribution in [0.3, 0.4) is 0 Å². The topological polar surface area (TPSA) is 54.0 Å². The van der Waals surface area contributed by atoms with Crippen LogP contribution in [0, 0.1) is 0 Å². The predicted molar refractivity (Wildman–Crippen MR) is 90.1 cm³/mol. The van der Waals surface area contributed by atoms with Gasteiger partial charge in [0.15, 0.2) is 28.8 Å². The molecule has 0 unspecified atom stereocenters. The second kappa shape index (κ2) is 5.55. The first-order chi connectivity index (χ1) is 12.3. The number of hydrogen-bond acceptors (Lipinski definition) is 5. The summed E-state index contributed by atoms with van der Waals surface area (Å²) in [7, 11) is 0. The van der Waals surface area contributed by atoms with Gasteiger partial charge in [-0.1, -0.05) is 12.1 Å². The number of hydrogen-bond donors (Lipinski definition) is 0. The lowest BCUT2D eigenvalue weighted by Gasteiger charge is -2.23. The number of fused-ring (bicyclic) bond motifs is 2. The van der Waals surface area contributed by atoms with E-state index in [-0.39, 0.29) is 25.3 Å². The van der Waals surface area contributed by atoms with Crippen molar-refractivity contribution in [2.24, 2.45) is 0 Å². The number of benzene rings is 2. The molecule has 126 valence electrons. The minimum absolute atomic E-state index is 0.132. The fourth-order valence-corrected chi connectivity index (χ4v) is 3.59. The van der Waals surface area contributed by atoms with Crippen molar-refractivity contribution in [2.75, 3.05) is 13.6 Å². The van der Waals surface area contributed by atoms with Crippen LogP contribution in [0.1, 0.15) is 29.9 Å². The first-order valence-corrected chi connectivity index (χ1v) is 8.29. The number of carbonyl (C=O) groups excluding carboxylic acids is 1. The summed E-state index contributed by atoms with van der Waals surface area (Å²) >= 11 is 0. The molecule has 0 amide bonds. The monoisotopic (exact) mass is 336 g/mol. The second-order valence-electron chi connectivity index (χ2n) is 6.42. The van der Waals surface area contributed by atoms with Crippen LogP contribution in [0.5, 0.6) is 23.0 Å². The van der Waals surface area contributed by atoms with Gasteiger partial charge < -0.3 is 18.9 Å². The van der Waals surface area contributed by atoms with E-state index in [1.807, 2.05) is 36.4 Å². The fraction of sp³-hybridized carbons (Fsp3) is 0.250. The number of rotatable bonds is 2. The van der Waals surface area contributed by atoms with E-state index < -0.39 is 0 Å². The molecule has 0 saturated carbocycles. The number of ether oxygens (including phenoxy) is 4. The summed E-state index contributed by atoms with van der Waals surface area (Å²) < 4.78 is 21.6. The van der Waals surface area contributed by atoms with Gasteiger partial charge in [-0.05, 0) is 59.4 Å². The van der Waals surface area contributed by atoms with E-state index in [1.54, 1.807) is 6.08 Å². The molecule has 0 saturated heterocycles. The van der Waals surface area contributed by atoms with Crippen LogP contribution >= 0.6 is 0 Å². The normalized spacial score (nSPS) is 20.6. The van der Waals surface area contributed by atoms with Gasteiger partial charge in [0.1, 0.15) is 0 Å². The Bertz CT molecular complexity index is 899. The summed E-state index contributed by atoms with van der Waals surface area (Å²) in [5, 5.41) is 0. The molecule has 5 nitrogen and oxygen atoms in total. The van der Waals surface area contributed by atoms with E-state index in [0.717, 1.165) is 46.1 Å². The van der Waals surface area contributed by atoms with Crippen molar-refractivity contribution in [2.45, 2.75) is 18.8 Å². The zero-order valence-corrected chi connectivity index (χ0v) is 13.5. The van der Waals surface area contributed by atoms with Crippen LogP contribution in [0.2, 0.25) is 0 Å². The first kappa shape index (κ1) is 14.4. The van der Waals surface area contributed by atoms with Gasteiger partial charge in [0.2, 0.25) is 13.6 Å². The Morgan fingerprint density at radius 1 is 0.760 bits per heavy atom. The minimum atomic E-state index is 0.132. The maximum absolute atomic E-state index is 12.3. The van der Waals surface area contributed by atoms with Crippen molar-refractivity contribution < 1.29 is 23.7 Å². The van der Waals surface area contributed by atoms with Gasteiger partial charge in [0.25, 0.3) is 0 Å². The third-order valence-electron chi connectivity index (χ3n) is 4.86. The van der Waals surface area contributed by atoms with Crippen LogP contribution in [0.25, 0.3) is 5.57 Å². The molecular formula is C20H16O5. The number of allylic oxidation sites excluding steroid dienone is 2. The quantitative estimate of drug-likeness (QED) is 0.837. The molecule has 0 bridgehead atoms. The minimum Gasteiger partial charge on any atom is -0.454 e. The molecule has 0 N–H and O–H groups in total. The van der Waals surface area contributed by atoms with Crippen molar-refractivity contribution in [3.8, 4) is 23.0 Å². The molecule has 0 radical (unpaired) electrons. The molecular weight excluding hydrogens is 320 g/mol. The maximum Gasteiger partial charge on any atom is 0.231 e. The molecule has 5 heteroatoms. The summed E-state index contributed by atoms with van der Waals surface area (Å²) in [4.78, 5) is 12.3. The van der Waals surface area contributed by atoms with E-state index in [4.69, 9.17) is 18.9 Å². The molecule has 1 atom stereocenters. The van der Waals surface area contributed by atoms with Gasteiger partial charge in [0.05, 0.1) is 0 Å². The first-order valence-electron chi connectivity index (χ1n) is 8.29. The highest BCUT2D eigenvalue weighted by Crippen LogP contribution is 2.42. The van der Waals surface area contributed by atoms with Crippen molar-refractivity contribution in [3.63, 3.8) is 0 Å². The Morgan fingerprint density at radius 3 is 2.24 bits per heavy atom. The van der Waals surface area contributed by atoms with Gasteiger partial charge in [-0.15, -0.1) is 0 Å². The van der Waals surface area contributed by atoms with Crippen LogP contribution in [0.4, 0.5) is 0 Å². The molecule has 1 aliphatic carbocycles. The molecule has 0 aromatic heterocycles. The molecule has 3 aliphatic rings. The lowest BCUT2D eigenvalue weighted by atomic mass is 9.81. The Morgan fingerprint density at radius 2 is 1.44 bits per heavy atom. The molecule has 2 aromatic rings. The molecule has 2 aromatic carbocycles. The Balaban J connectivity index is 1.45. The van der Waals surface area contributed by atoms with Crippen molar-refractivity contribution in [3.05, 3.63) is 53.6 Å². The van der Waals surface area contributed by atoms with Crippen molar-refractivity contribution in [1.29, 1.82) is 0 Å². The predicted octanol–water partition coefficient (Wildman–Crippen LogP) is 3.67. The molecule has 5 rings (SSSR count). The van der Waals surface area contributed by atoms with Gasteiger partial charge in [-0.25, -0.2) is 0 Å². The molecule has 0 fully saturated rings.